The molecule has 0 unspecified atom stereocenters. The van der Waals surface area contributed by atoms with Gasteiger partial charge in [-0.2, -0.15) is 10.2 Å². The van der Waals surface area contributed by atoms with Gasteiger partial charge in [0.25, 0.3) is 5.91 Å². The van der Waals surface area contributed by atoms with Crippen LogP contribution in [0.4, 0.5) is 0 Å². The number of aryl methyl sites for hydroxylation is 4. The van der Waals surface area contributed by atoms with Crippen LogP contribution >= 0.6 is 0 Å². The maximum absolute atomic E-state index is 13.3. The summed E-state index contributed by atoms with van der Waals surface area (Å²) in [6.07, 6.45) is 5.75. The highest BCUT2D eigenvalue weighted by Crippen LogP contribution is 2.25. The first-order chi connectivity index (χ1) is 13.0. The maximum atomic E-state index is 13.3. The molecule has 0 saturated carbocycles. The second-order valence-electron chi connectivity index (χ2n) is 7.57. The van der Waals surface area contributed by atoms with Crippen molar-refractivity contribution < 1.29 is 4.79 Å². The van der Waals surface area contributed by atoms with Crippen LogP contribution in [0.15, 0.2) is 6.07 Å². The van der Waals surface area contributed by atoms with E-state index in [-0.39, 0.29) is 5.91 Å². The number of nitrogens with one attached hydrogen (secondary N) is 1. The van der Waals surface area contributed by atoms with Gasteiger partial charge in [-0.1, -0.05) is 6.42 Å². The van der Waals surface area contributed by atoms with Crippen molar-refractivity contribution in [2.75, 3.05) is 7.05 Å². The Balaban J connectivity index is 1.66. The van der Waals surface area contributed by atoms with Gasteiger partial charge < -0.3 is 4.90 Å². The second-order valence-corrected chi connectivity index (χ2v) is 7.57. The van der Waals surface area contributed by atoms with Gasteiger partial charge in [-0.15, -0.1) is 0 Å². The lowest BCUT2D eigenvalue weighted by molar-refractivity contribution is 0.0785. The predicted molar refractivity (Wildman–Crippen MR) is 104 cm³/mol. The Hall–Kier alpha value is -2.70. The molecule has 7 nitrogen and oxygen atoms in total. The second kappa shape index (κ2) is 6.79. The third-order valence-electron chi connectivity index (χ3n) is 5.45. The molecule has 0 aliphatic heterocycles. The number of aromatic amines is 1. The first-order valence-corrected chi connectivity index (χ1v) is 9.57. The van der Waals surface area contributed by atoms with Crippen LogP contribution in [0.5, 0.6) is 0 Å². The SMILES string of the molecule is Cc1cc(C(=O)N(C)Cc2n[nH]c3c2CCCCC3)c2c(C)nn(C)c2n1. The van der Waals surface area contributed by atoms with Crippen LogP contribution in [0, 0.1) is 13.8 Å². The zero-order chi connectivity index (χ0) is 19.1. The van der Waals surface area contributed by atoms with E-state index in [1.54, 1.807) is 9.58 Å². The summed E-state index contributed by atoms with van der Waals surface area (Å²) in [5.41, 5.74) is 6.59. The monoisotopic (exact) mass is 366 g/mol. The third-order valence-corrected chi connectivity index (χ3v) is 5.45. The Labute approximate surface area is 158 Å². The molecule has 1 aliphatic carbocycles. The van der Waals surface area contributed by atoms with E-state index < -0.39 is 0 Å². The Bertz CT molecular complexity index is 1020. The number of H-pyrrole nitrogens is 1. The standard InChI is InChI=1S/C20H26N6O/c1-12-10-15(18-13(2)24-26(4)19(18)21-12)20(27)25(3)11-17-14-8-6-5-7-9-16(14)22-23-17/h10H,5-9,11H2,1-4H3,(H,22,23). The number of rotatable bonds is 3. The zero-order valence-electron chi connectivity index (χ0n) is 16.5. The van der Waals surface area contributed by atoms with Crippen molar-refractivity contribution in [3.63, 3.8) is 0 Å². The molecule has 3 aromatic rings. The van der Waals surface area contributed by atoms with Crippen molar-refractivity contribution in [2.45, 2.75) is 52.5 Å². The number of carbonyl (C=O) groups excluding carboxylic acids is 1. The summed E-state index contributed by atoms with van der Waals surface area (Å²) in [6.45, 7) is 4.34. The molecule has 7 heteroatoms. The first-order valence-electron chi connectivity index (χ1n) is 9.57. The summed E-state index contributed by atoms with van der Waals surface area (Å²) in [5, 5.41) is 13.0. The molecule has 142 valence electrons. The van der Waals surface area contributed by atoms with Crippen LogP contribution in [-0.4, -0.2) is 42.8 Å². The quantitative estimate of drug-likeness (QED) is 0.723. The van der Waals surface area contributed by atoms with Crippen LogP contribution in [0.25, 0.3) is 11.0 Å². The molecular weight excluding hydrogens is 340 g/mol. The highest BCUT2D eigenvalue weighted by Gasteiger charge is 2.23. The van der Waals surface area contributed by atoms with Gasteiger partial charge in [0.15, 0.2) is 5.65 Å². The fourth-order valence-corrected chi connectivity index (χ4v) is 4.10. The van der Waals surface area contributed by atoms with Crippen LogP contribution in [-0.2, 0) is 26.4 Å². The number of nitrogens with zero attached hydrogens (tertiary/aromatic N) is 5. The van der Waals surface area contributed by atoms with E-state index in [1.165, 1.54) is 30.5 Å². The zero-order valence-corrected chi connectivity index (χ0v) is 16.5. The minimum atomic E-state index is -0.0213. The summed E-state index contributed by atoms with van der Waals surface area (Å²) in [4.78, 5) is 19.6. The highest BCUT2D eigenvalue weighted by atomic mass is 16.2. The average molecular weight is 366 g/mol. The number of carbonyl (C=O) groups is 1. The van der Waals surface area contributed by atoms with Gasteiger partial charge in [0.05, 0.1) is 28.9 Å². The molecule has 3 aromatic heterocycles. The minimum absolute atomic E-state index is 0.0213. The summed E-state index contributed by atoms with van der Waals surface area (Å²) < 4.78 is 1.74. The lowest BCUT2D eigenvalue weighted by Crippen LogP contribution is -2.27. The van der Waals surface area contributed by atoms with E-state index in [9.17, 15) is 4.79 Å². The van der Waals surface area contributed by atoms with Crippen molar-refractivity contribution in [2.24, 2.45) is 7.05 Å². The van der Waals surface area contributed by atoms with Crippen molar-refractivity contribution in [1.29, 1.82) is 0 Å². The molecule has 0 atom stereocenters. The van der Waals surface area contributed by atoms with Gasteiger partial charge >= 0.3 is 0 Å². The van der Waals surface area contributed by atoms with Gasteiger partial charge in [0.2, 0.25) is 0 Å². The number of aromatic nitrogens is 5. The Morgan fingerprint density at radius 2 is 2.04 bits per heavy atom. The van der Waals surface area contributed by atoms with Crippen molar-refractivity contribution in [3.8, 4) is 0 Å². The van der Waals surface area contributed by atoms with Crippen molar-refractivity contribution in [3.05, 3.63) is 40.0 Å². The normalized spacial score (nSPS) is 14.2. The lowest BCUT2D eigenvalue weighted by Gasteiger charge is -2.18. The smallest absolute Gasteiger partial charge is 0.254 e. The fraction of sp³-hybridized carbons (Fsp3) is 0.500. The number of pyridine rings is 1. The Kier molecular flexibility index (Phi) is 4.45. The van der Waals surface area contributed by atoms with Crippen LogP contribution in [0.2, 0.25) is 0 Å². The van der Waals surface area contributed by atoms with Crippen molar-refractivity contribution >= 4 is 16.9 Å². The third kappa shape index (κ3) is 3.11. The predicted octanol–water partition coefficient (Wildman–Crippen LogP) is 2.85. The number of hydrogen-bond acceptors (Lipinski definition) is 4. The largest absolute Gasteiger partial charge is 0.336 e. The van der Waals surface area contributed by atoms with Gasteiger partial charge in [-0.25, -0.2) is 4.98 Å². The Morgan fingerprint density at radius 1 is 1.26 bits per heavy atom. The summed E-state index contributed by atoms with van der Waals surface area (Å²) in [7, 11) is 3.70. The lowest BCUT2D eigenvalue weighted by atomic mass is 10.1. The van der Waals surface area contributed by atoms with E-state index in [0.717, 1.165) is 41.0 Å². The summed E-state index contributed by atoms with van der Waals surface area (Å²) >= 11 is 0. The number of fused-ring (bicyclic) bond motifs is 2. The molecule has 0 spiro atoms. The van der Waals surface area contributed by atoms with Crippen molar-refractivity contribution in [1.82, 2.24) is 29.9 Å². The van der Waals surface area contributed by atoms with Crippen LogP contribution in [0.1, 0.15) is 58.0 Å². The molecule has 27 heavy (non-hydrogen) atoms. The molecule has 0 radical (unpaired) electrons. The van der Waals surface area contributed by atoms with E-state index in [1.807, 2.05) is 34.0 Å². The molecule has 1 aliphatic rings. The molecule has 4 rings (SSSR count). The average Bonchev–Trinajstić information content (AvgIpc) is 3.03. The highest BCUT2D eigenvalue weighted by molar-refractivity contribution is 6.06. The topological polar surface area (TPSA) is 79.7 Å². The molecule has 3 heterocycles. The Morgan fingerprint density at radius 3 is 2.85 bits per heavy atom. The molecule has 0 bridgehead atoms. The van der Waals surface area contributed by atoms with E-state index in [4.69, 9.17) is 0 Å². The van der Waals surface area contributed by atoms with Gasteiger partial charge in [-0.05, 0) is 51.2 Å². The van der Waals surface area contributed by atoms with E-state index in [2.05, 4.69) is 20.3 Å². The van der Waals surface area contributed by atoms with Crippen LogP contribution < -0.4 is 0 Å². The van der Waals surface area contributed by atoms with Crippen LogP contribution in [0.3, 0.4) is 0 Å². The molecule has 1 amide bonds. The molecule has 1 N–H and O–H groups in total. The number of hydrogen-bond donors (Lipinski definition) is 1. The molecular formula is C20H26N6O. The molecule has 0 aromatic carbocycles. The van der Waals surface area contributed by atoms with E-state index >= 15 is 0 Å². The van der Waals surface area contributed by atoms with E-state index in [0.29, 0.717) is 12.1 Å². The minimum Gasteiger partial charge on any atom is -0.336 e. The molecule has 0 saturated heterocycles. The first kappa shape index (κ1) is 17.7. The molecule has 0 fully saturated rings. The summed E-state index contributed by atoms with van der Waals surface area (Å²) in [5.74, 6) is -0.0213. The number of amides is 1. The maximum Gasteiger partial charge on any atom is 0.254 e. The fourth-order valence-electron chi connectivity index (χ4n) is 4.10. The summed E-state index contributed by atoms with van der Waals surface area (Å²) in [6, 6.07) is 1.86. The van der Waals surface area contributed by atoms with Gasteiger partial charge in [-0.3, -0.25) is 14.6 Å². The van der Waals surface area contributed by atoms with Gasteiger partial charge in [0.1, 0.15) is 0 Å². The van der Waals surface area contributed by atoms with Gasteiger partial charge in [0, 0.05) is 25.5 Å².